The van der Waals surface area contributed by atoms with Crippen molar-refractivity contribution in [3.63, 3.8) is 0 Å². The van der Waals surface area contributed by atoms with Crippen LogP contribution < -0.4 is 10.1 Å². The van der Waals surface area contributed by atoms with E-state index in [0.717, 1.165) is 25.0 Å². The number of hydrogen-bond donors (Lipinski definition) is 1. The third-order valence-electron chi connectivity index (χ3n) is 5.21. The molecular weight excluding hydrogens is 458 g/mol. The van der Waals surface area contributed by atoms with Gasteiger partial charge in [0.05, 0.1) is 6.54 Å². The summed E-state index contributed by atoms with van der Waals surface area (Å²) in [7, 11) is 1.83. The second kappa shape index (κ2) is 11.0. The van der Waals surface area contributed by atoms with E-state index >= 15 is 0 Å². The van der Waals surface area contributed by atoms with Gasteiger partial charge in [0.2, 0.25) is 0 Å². The van der Waals surface area contributed by atoms with E-state index in [1.807, 2.05) is 14.0 Å². The van der Waals surface area contributed by atoms with E-state index in [2.05, 4.69) is 20.1 Å². The van der Waals surface area contributed by atoms with Crippen molar-refractivity contribution in [3.05, 3.63) is 30.1 Å². The Morgan fingerprint density at radius 3 is 2.63 bits per heavy atom. The number of ether oxygens (including phenoxy) is 1. The van der Waals surface area contributed by atoms with Crippen molar-refractivity contribution >= 4 is 29.9 Å². The summed E-state index contributed by atoms with van der Waals surface area (Å²) in [6.07, 6.45) is 3.91. The molecule has 0 saturated carbocycles. The first kappa shape index (κ1) is 22.2. The van der Waals surface area contributed by atoms with Crippen LogP contribution >= 0.6 is 24.0 Å². The minimum atomic E-state index is -0.249. The fraction of sp³-hybridized carbons (Fsp3) is 0.650. The van der Waals surface area contributed by atoms with E-state index in [1.54, 1.807) is 12.1 Å². The average molecular weight is 490 g/mol. The highest BCUT2D eigenvalue weighted by Crippen LogP contribution is 2.20. The lowest BCUT2D eigenvalue weighted by Crippen LogP contribution is -2.44. The lowest BCUT2D eigenvalue weighted by atomic mass is 10.1. The van der Waals surface area contributed by atoms with E-state index in [-0.39, 0.29) is 35.9 Å². The predicted octanol–water partition coefficient (Wildman–Crippen LogP) is 3.20. The van der Waals surface area contributed by atoms with Gasteiger partial charge in [-0.25, -0.2) is 4.39 Å². The number of aliphatic imine (C=N–C) groups is 1. The SMILES string of the molecule is CN=C(NCC(C)Oc1ccc(F)cc1)N1CCC(CN2CCCC2)C1.I. The van der Waals surface area contributed by atoms with Gasteiger partial charge in [-0.05, 0) is 69.5 Å². The van der Waals surface area contributed by atoms with Crippen molar-refractivity contribution in [1.29, 1.82) is 0 Å². The van der Waals surface area contributed by atoms with Gasteiger partial charge in [-0.15, -0.1) is 24.0 Å². The number of nitrogens with one attached hydrogen (secondary N) is 1. The highest BCUT2D eigenvalue weighted by molar-refractivity contribution is 14.0. The van der Waals surface area contributed by atoms with Gasteiger partial charge >= 0.3 is 0 Å². The molecule has 2 aliphatic heterocycles. The Kier molecular flexibility index (Phi) is 9.08. The van der Waals surface area contributed by atoms with Gasteiger partial charge in [-0.2, -0.15) is 0 Å². The fourth-order valence-corrected chi connectivity index (χ4v) is 3.86. The fourth-order valence-electron chi connectivity index (χ4n) is 3.86. The topological polar surface area (TPSA) is 40.1 Å². The first-order chi connectivity index (χ1) is 12.6. The minimum absolute atomic E-state index is 0. The molecule has 1 aromatic carbocycles. The van der Waals surface area contributed by atoms with Gasteiger partial charge in [-0.3, -0.25) is 4.99 Å². The van der Waals surface area contributed by atoms with E-state index in [4.69, 9.17) is 4.74 Å². The maximum Gasteiger partial charge on any atom is 0.193 e. The van der Waals surface area contributed by atoms with Crippen molar-refractivity contribution in [2.45, 2.75) is 32.3 Å². The molecule has 27 heavy (non-hydrogen) atoms. The number of nitrogens with zero attached hydrogens (tertiary/aromatic N) is 3. The normalized spacial score (nSPS) is 21.8. The molecule has 0 spiro atoms. The summed E-state index contributed by atoms with van der Waals surface area (Å²) in [5.74, 6) is 2.12. The van der Waals surface area contributed by atoms with Gasteiger partial charge in [0.1, 0.15) is 17.7 Å². The number of guanidine groups is 1. The Hall–Kier alpha value is -1.09. The quantitative estimate of drug-likeness (QED) is 0.378. The van der Waals surface area contributed by atoms with Crippen LogP contribution in [0.25, 0.3) is 0 Å². The Morgan fingerprint density at radius 1 is 1.26 bits per heavy atom. The largest absolute Gasteiger partial charge is 0.489 e. The standard InChI is InChI=1S/C20H31FN4O.HI/c1-16(26-19-7-5-18(21)6-8-19)13-23-20(22-2)25-12-9-17(15-25)14-24-10-3-4-11-24;/h5-8,16-17H,3-4,9-15H2,1-2H3,(H,22,23);1H. The Bertz CT molecular complexity index is 592. The van der Waals surface area contributed by atoms with Gasteiger partial charge in [-0.1, -0.05) is 0 Å². The molecule has 5 nitrogen and oxygen atoms in total. The van der Waals surface area contributed by atoms with Crippen LogP contribution in [0.3, 0.4) is 0 Å². The van der Waals surface area contributed by atoms with Crippen molar-refractivity contribution in [2.24, 2.45) is 10.9 Å². The number of rotatable bonds is 6. The molecule has 3 rings (SSSR count). The first-order valence-corrected chi connectivity index (χ1v) is 9.74. The zero-order valence-corrected chi connectivity index (χ0v) is 18.7. The Labute approximate surface area is 179 Å². The van der Waals surface area contributed by atoms with Crippen molar-refractivity contribution < 1.29 is 9.13 Å². The molecule has 1 N–H and O–H groups in total. The lowest BCUT2D eigenvalue weighted by molar-refractivity contribution is 0.222. The number of hydrogen-bond acceptors (Lipinski definition) is 3. The summed E-state index contributed by atoms with van der Waals surface area (Å²) in [5.41, 5.74) is 0. The predicted molar refractivity (Wildman–Crippen MR) is 119 cm³/mol. The molecule has 1 aromatic rings. The van der Waals surface area contributed by atoms with E-state index in [0.29, 0.717) is 12.3 Å². The van der Waals surface area contributed by atoms with Gasteiger partial charge in [0.15, 0.2) is 5.96 Å². The van der Waals surface area contributed by atoms with Crippen molar-refractivity contribution in [2.75, 3.05) is 46.3 Å². The second-order valence-corrected chi connectivity index (χ2v) is 7.42. The highest BCUT2D eigenvalue weighted by atomic mass is 127. The molecule has 0 aliphatic carbocycles. The first-order valence-electron chi connectivity index (χ1n) is 9.74. The summed E-state index contributed by atoms with van der Waals surface area (Å²) in [4.78, 5) is 9.39. The molecule has 0 amide bonds. The summed E-state index contributed by atoms with van der Waals surface area (Å²) in [5, 5.41) is 3.42. The summed E-state index contributed by atoms with van der Waals surface area (Å²) in [6.45, 7) is 8.55. The zero-order valence-electron chi connectivity index (χ0n) is 16.4. The lowest BCUT2D eigenvalue weighted by Gasteiger charge is -2.24. The van der Waals surface area contributed by atoms with E-state index in [1.165, 1.54) is 51.0 Å². The summed E-state index contributed by atoms with van der Waals surface area (Å²) < 4.78 is 18.8. The molecule has 2 saturated heterocycles. The van der Waals surface area contributed by atoms with Crippen molar-refractivity contribution in [3.8, 4) is 5.75 Å². The van der Waals surface area contributed by atoms with Crippen LogP contribution in [0.2, 0.25) is 0 Å². The summed E-state index contributed by atoms with van der Waals surface area (Å²) in [6, 6.07) is 6.15. The van der Waals surface area contributed by atoms with Crippen LogP contribution in [-0.2, 0) is 0 Å². The van der Waals surface area contributed by atoms with Crippen LogP contribution in [0, 0.1) is 11.7 Å². The molecule has 2 atom stereocenters. The smallest absolute Gasteiger partial charge is 0.193 e. The molecule has 0 aromatic heterocycles. The summed E-state index contributed by atoms with van der Waals surface area (Å²) >= 11 is 0. The Balaban J connectivity index is 0.00000261. The third kappa shape index (κ3) is 6.78. The van der Waals surface area contributed by atoms with Gasteiger partial charge in [0, 0.05) is 26.7 Å². The van der Waals surface area contributed by atoms with Crippen LogP contribution in [-0.4, -0.2) is 68.2 Å². The zero-order chi connectivity index (χ0) is 18.4. The Morgan fingerprint density at radius 2 is 1.96 bits per heavy atom. The van der Waals surface area contributed by atoms with E-state index < -0.39 is 0 Å². The minimum Gasteiger partial charge on any atom is -0.489 e. The van der Waals surface area contributed by atoms with Crippen LogP contribution in [0.1, 0.15) is 26.2 Å². The second-order valence-electron chi connectivity index (χ2n) is 7.42. The molecule has 7 heteroatoms. The molecule has 2 fully saturated rings. The third-order valence-corrected chi connectivity index (χ3v) is 5.21. The maximum absolute atomic E-state index is 13.0. The van der Waals surface area contributed by atoms with Gasteiger partial charge < -0.3 is 19.9 Å². The number of likely N-dealkylation sites (tertiary alicyclic amines) is 2. The molecular formula is C20H32FIN4O. The molecule has 2 aliphatic rings. The monoisotopic (exact) mass is 490 g/mol. The number of halogens is 2. The van der Waals surface area contributed by atoms with Crippen LogP contribution in [0.4, 0.5) is 4.39 Å². The molecule has 0 radical (unpaired) electrons. The highest BCUT2D eigenvalue weighted by Gasteiger charge is 2.27. The number of benzene rings is 1. The van der Waals surface area contributed by atoms with Crippen LogP contribution in [0.5, 0.6) is 5.75 Å². The van der Waals surface area contributed by atoms with Crippen LogP contribution in [0.15, 0.2) is 29.3 Å². The molecule has 2 heterocycles. The average Bonchev–Trinajstić information content (AvgIpc) is 3.30. The van der Waals surface area contributed by atoms with Gasteiger partial charge in [0.25, 0.3) is 0 Å². The molecule has 2 unspecified atom stereocenters. The maximum atomic E-state index is 13.0. The molecule has 0 bridgehead atoms. The van der Waals surface area contributed by atoms with E-state index in [9.17, 15) is 4.39 Å². The van der Waals surface area contributed by atoms with Crippen molar-refractivity contribution in [1.82, 2.24) is 15.1 Å². The molecule has 152 valence electrons.